The molecule has 0 aliphatic carbocycles. The molecule has 0 radical (unpaired) electrons. The fourth-order valence-corrected chi connectivity index (χ4v) is 9.23. The third-order valence-corrected chi connectivity index (χ3v) is 10.6. The lowest BCUT2D eigenvalue weighted by atomic mass is 10.2. The molecule has 0 aliphatic heterocycles. The highest BCUT2D eigenvalue weighted by molar-refractivity contribution is 8.33. The summed E-state index contributed by atoms with van der Waals surface area (Å²) in [5.74, 6) is -0.614. The lowest BCUT2D eigenvalue weighted by Crippen LogP contribution is -2.27. The van der Waals surface area contributed by atoms with Gasteiger partial charge in [0, 0.05) is 14.7 Å². The zero-order valence-electron chi connectivity index (χ0n) is 30.8. The third kappa shape index (κ3) is 13.8. The summed E-state index contributed by atoms with van der Waals surface area (Å²) in [5, 5.41) is 0. The predicted octanol–water partition coefficient (Wildman–Crippen LogP) is 7.02. The minimum absolute atomic E-state index is 0.329. The molecule has 0 saturated carbocycles. The van der Waals surface area contributed by atoms with Crippen molar-refractivity contribution in [1.82, 2.24) is 0 Å². The zero-order chi connectivity index (χ0) is 38.3. The van der Waals surface area contributed by atoms with E-state index in [0.717, 1.165) is 6.26 Å². The van der Waals surface area contributed by atoms with Gasteiger partial charge in [-0.1, -0.05) is 0 Å². The van der Waals surface area contributed by atoms with E-state index in [1.54, 1.807) is 135 Å². The van der Waals surface area contributed by atoms with Crippen LogP contribution >= 0.6 is 10.3 Å². The van der Waals surface area contributed by atoms with Gasteiger partial charge in [0.05, 0.1) is 6.26 Å². The summed E-state index contributed by atoms with van der Waals surface area (Å²) < 4.78 is 65.0. The second-order valence-electron chi connectivity index (χ2n) is 14.4. The van der Waals surface area contributed by atoms with Crippen LogP contribution in [0.4, 0.5) is 0 Å². The Hall–Kier alpha value is -4.27. The van der Waals surface area contributed by atoms with Crippen LogP contribution < -0.4 is 14.2 Å². The third-order valence-electron chi connectivity index (χ3n) is 6.02. The molecule has 0 fully saturated rings. The van der Waals surface area contributed by atoms with E-state index in [9.17, 15) is 22.8 Å². The van der Waals surface area contributed by atoms with Crippen LogP contribution in [0.2, 0.25) is 0 Å². The molecule has 0 unspecified atom stereocenters. The van der Waals surface area contributed by atoms with Gasteiger partial charge in [-0.25, -0.2) is 18.0 Å². The monoisotopic (exact) mass is 748 g/mol. The number of ether oxygens (including phenoxy) is 6. The van der Waals surface area contributed by atoms with E-state index in [1.165, 1.54) is 0 Å². The van der Waals surface area contributed by atoms with Gasteiger partial charge in [-0.05, 0) is 145 Å². The Bertz CT molecular complexity index is 1560. The van der Waals surface area contributed by atoms with Crippen molar-refractivity contribution in [1.29, 1.82) is 0 Å². The summed E-state index contributed by atoms with van der Waals surface area (Å²) in [6.07, 6.45) is 0.962. The summed E-state index contributed by atoms with van der Waals surface area (Å²) in [4.78, 5) is 38.1. The maximum absolute atomic E-state index is 13.0. The van der Waals surface area contributed by atoms with Crippen LogP contribution in [0.1, 0.15) is 62.3 Å². The molecule has 0 heterocycles. The highest BCUT2D eigenvalue weighted by atomic mass is 32.3. The first-order valence-electron chi connectivity index (χ1n) is 16.0. The molecule has 280 valence electrons. The maximum Gasteiger partial charge on any atom is 0.344 e. The van der Waals surface area contributed by atoms with Crippen LogP contribution in [-0.2, 0) is 42.3 Å². The molecule has 14 heteroatoms. The van der Waals surface area contributed by atoms with E-state index in [2.05, 4.69) is 0 Å². The van der Waals surface area contributed by atoms with Gasteiger partial charge < -0.3 is 28.4 Å². The fraction of sp³-hybridized carbons (Fsp3) is 0.432. The Morgan fingerprint density at radius 1 is 0.471 bits per heavy atom. The molecule has 3 aromatic rings. The molecule has 0 bridgehead atoms. The molecule has 12 nitrogen and oxygen atoms in total. The first-order chi connectivity index (χ1) is 23.4. The summed E-state index contributed by atoms with van der Waals surface area (Å²) in [6, 6.07) is 19.6. The predicted molar refractivity (Wildman–Crippen MR) is 192 cm³/mol. The molecular weight excluding hydrogens is 701 g/mol. The summed E-state index contributed by atoms with van der Waals surface area (Å²) in [7, 11) is -7.15. The van der Waals surface area contributed by atoms with Crippen LogP contribution in [0, 0.1) is 0 Å². The largest absolute Gasteiger partial charge is 0.482 e. The summed E-state index contributed by atoms with van der Waals surface area (Å²) >= 11 is 0. The van der Waals surface area contributed by atoms with Crippen LogP contribution in [0.3, 0.4) is 0 Å². The van der Waals surface area contributed by atoms with Gasteiger partial charge in [-0.3, -0.25) is 0 Å². The molecule has 0 aromatic heterocycles. The topological polar surface area (TPSA) is 150 Å². The quantitative estimate of drug-likeness (QED) is 0.123. The van der Waals surface area contributed by atoms with Gasteiger partial charge in [0.1, 0.15) is 34.1 Å². The molecular formula is C37H48O12S2. The van der Waals surface area contributed by atoms with Gasteiger partial charge in [0.2, 0.25) is 0 Å². The van der Waals surface area contributed by atoms with Gasteiger partial charge in [0.25, 0.3) is 10.1 Å². The lowest BCUT2D eigenvalue weighted by molar-refractivity contribution is -0.158. The van der Waals surface area contributed by atoms with Crippen molar-refractivity contribution in [3.63, 3.8) is 0 Å². The van der Waals surface area contributed by atoms with Gasteiger partial charge in [-0.2, -0.15) is 8.42 Å². The smallest absolute Gasteiger partial charge is 0.344 e. The maximum atomic E-state index is 13.0. The number of carbonyl (C=O) groups excluding carboxylic acids is 3. The standard InChI is InChI=1S/C37H48O12S2/c1-35(2,3)46-32(38)23-43-26-11-17-29(18-12-26)51(49-50(10,41)42,30-19-13-27(14-20-30)44-24-33(39)47-36(4,5)6)31-21-15-28(16-22-31)45-25-34(40)48-37(7,8)9/h11-22H,23-25H2,1-10H3. The Morgan fingerprint density at radius 3 is 0.902 bits per heavy atom. The second kappa shape index (κ2) is 16.4. The molecule has 0 aliphatic rings. The number of hydrogen-bond acceptors (Lipinski definition) is 12. The van der Waals surface area contributed by atoms with E-state index in [1.807, 2.05) is 0 Å². The average molecular weight is 749 g/mol. The normalized spacial score (nSPS) is 12.7. The molecule has 0 atom stereocenters. The molecule has 3 rings (SSSR count). The minimum atomic E-state index is -4.11. The van der Waals surface area contributed by atoms with Crippen molar-refractivity contribution in [2.45, 2.75) is 93.8 Å². The van der Waals surface area contributed by atoms with Crippen LogP contribution in [0.15, 0.2) is 87.5 Å². The highest BCUT2D eigenvalue weighted by Gasteiger charge is 2.37. The van der Waals surface area contributed by atoms with E-state index in [4.69, 9.17) is 32.1 Å². The SMILES string of the molecule is CC(C)(C)OC(=O)COc1ccc(S(OS(C)(=O)=O)(c2ccc(OCC(=O)OC(C)(C)C)cc2)c2ccc(OCC(=O)OC(C)(C)C)cc2)cc1. The van der Waals surface area contributed by atoms with E-state index >= 15 is 0 Å². The summed E-state index contributed by atoms with van der Waals surface area (Å²) in [5.41, 5.74) is -2.03. The van der Waals surface area contributed by atoms with Crippen LogP contribution in [0.5, 0.6) is 17.2 Å². The second-order valence-corrected chi connectivity index (χ2v) is 18.8. The first kappa shape index (κ1) is 41.2. The Balaban J connectivity index is 2.04. The molecule has 0 saturated heterocycles. The van der Waals surface area contributed by atoms with E-state index in [0.29, 0.717) is 31.9 Å². The minimum Gasteiger partial charge on any atom is -0.482 e. The molecule has 3 aromatic carbocycles. The molecule has 0 N–H and O–H groups in total. The fourth-order valence-electron chi connectivity index (χ4n) is 4.43. The van der Waals surface area contributed by atoms with E-state index < -0.39 is 55.1 Å². The lowest BCUT2D eigenvalue weighted by Gasteiger charge is -2.39. The first-order valence-corrected chi connectivity index (χ1v) is 19.4. The Kier molecular flexibility index (Phi) is 13.2. The molecule has 51 heavy (non-hydrogen) atoms. The van der Waals surface area contributed by atoms with E-state index in [-0.39, 0.29) is 19.8 Å². The number of hydrogen-bond donors (Lipinski definition) is 0. The Morgan fingerprint density at radius 2 is 0.706 bits per heavy atom. The number of carbonyl (C=O) groups is 3. The van der Waals surface area contributed by atoms with Gasteiger partial charge >= 0.3 is 17.9 Å². The van der Waals surface area contributed by atoms with Crippen molar-refractivity contribution in [3.8, 4) is 17.2 Å². The number of benzene rings is 3. The van der Waals surface area contributed by atoms with Crippen LogP contribution in [0.25, 0.3) is 0 Å². The average Bonchev–Trinajstić information content (AvgIpc) is 2.98. The highest BCUT2D eigenvalue weighted by Crippen LogP contribution is 2.70. The van der Waals surface area contributed by atoms with Crippen molar-refractivity contribution in [2.75, 3.05) is 26.1 Å². The Labute approximate surface area is 302 Å². The van der Waals surface area contributed by atoms with Crippen molar-refractivity contribution in [3.05, 3.63) is 72.8 Å². The number of esters is 3. The molecule has 0 amide bonds. The van der Waals surface area contributed by atoms with Crippen molar-refractivity contribution in [2.24, 2.45) is 0 Å². The number of rotatable bonds is 14. The summed E-state index contributed by atoms with van der Waals surface area (Å²) in [6.45, 7) is 14.8. The van der Waals surface area contributed by atoms with Gasteiger partial charge in [-0.15, -0.1) is 0 Å². The zero-order valence-corrected chi connectivity index (χ0v) is 32.4. The molecule has 0 spiro atoms. The van der Waals surface area contributed by atoms with Gasteiger partial charge in [0.15, 0.2) is 19.8 Å². The van der Waals surface area contributed by atoms with Crippen molar-refractivity contribution < 1.29 is 54.9 Å². The van der Waals surface area contributed by atoms with Crippen LogP contribution in [-0.4, -0.2) is 69.2 Å². The van der Waals surface area contributed by atoms with Crippen molar-refractivity contribution >= 4 is 38.3 Å².